The van der Waals surface area contributed by atoms with Crippen molar-refractivity contribution in [2.24, 2.45) is 0 Å². The average molecular weight is 625 g/mol. The highest BCUT2D eigenvalue weighted by atomic mass is 14.9. The quantitative estimate of drug-likeness (QED) is 0.196. The molecular weight excluding hydrogens is 597 g/mol. The van der Waals surface area contributed by atoms with Crippen molar-refractivity contribution >= 4 is 0 Å². The maximum Gasteiger partial charge on any atom is 0.160 e. The van der Waals surface area contributed by atoms with Crippen molar-refractivity contribution in [3.05, 3.63) is 193 Å². The number of hydrogen-bond acceptors (Lipinski definition) is 4. The Morgan fingerprint density at radius 3 is 1.31 bits per heavy atom. The molecule has 0 radical (unpaired) electrons. The summed E-state index contributed by atoms with van der Waals surface area (Å²) in [6.07, 6.45) is 7.26. The Morgan fingerprint density at radius 1 is 0.347 bits per heavy atom. The van der Waals surface area contributed by atoms with Crippen LogP contribution in [0.4, 0.5) is 0 Å². The summed E-state index contributed by atoms with van der Waals surface area (Å²) < 4.78 is 0. The first-order valence-corrected chi connectivity index (χ1v) is 16.5. The van der Waals surface area contributed by atoms with Crippen molar-refractivity contribution in [1.29, 1.82) is 0 Å². The van der Waals surface area contributed by atoms with Crippen LogP contribution in [0.3, 0.4) is 0 Å². The van der Waals surface area contributed by atoms with Crippen molar-refractivity contribution in [3.63, 3.8) is 0 Å². The molecule has 4 nitrogen and oxygen atoms in total. The molecule has 8 aromatic rings. The lowest BCUT2D eigenvalue weighted by Crippen LogP contribution is -2.29. The highest BCUT2D eigenvalue weighted by Gasteiger charge is 2.49. The van der Waals surface area contributed by atoms with E-state index < -0.39 is 5.41 Å². The highest BCUT2D eigenvalue weighted by Crippen LogP contribution is 2.61. The van der Waals surface area contributed by atoms with E-state index in [9.17, 15) is 0 Å². The van der Waals surface area contributed by atoms with E-state index in [1.54, 1.807) is 12.4 Å². The zero-order valence-corrected chi connectivity index (χ0v) is 26.5. The van der Waals surface area contributed by atoms with Crippen LogP contribution in [-0.2, 0) is 5.41 Å². The highest BCUT2D eigenvalue weighted by molar-refractivity contribution is 5.98. The molecule has 0 amide bonds. The molecule has 2 aliphatic carbocycles. The van der Waals surface area contributed by atoms with Crippen LogP contribution < -0.4 is 0 Å². The predicted octanol–water partition coefficient (Wildman–Crippen LogP) is 10.3. The first-order valence-electron chi connectivity index (χ1n) is 16.5. The average Bonchev–Trinajstić information content (AvgIpc) is 3.43. The van der Waals surface area contributed by atoms with Crippen molar-refractivity contribution in [2.45, 2.75) is 5.41 Å². The summed E-state index contributed by atoms with van der Waals surface area (Å²) in [6.45, 7) is 0. The van der Waals surface area contributed by atoms with Crippen LogP contribution in [0.25, 0.3) is 67.3 Å². The van der Waals surface area contributed by atoms with Crippen LogP contribution in [0.5, 0.6) is 0 Å². The lowest BCUT2D eigenvalue weighted by molar-refractivity contribution is 0.775. The number of nitrogens with zero attached hydrogens (tertiary/aromatic N) is 4. The number of fused-ring (bicyclic) bond motifs is 12. The minimum absolute atomic E-state index is 0.518. The Balaban J connectivity index is 1.29. The van der Waals surface area contributed by atoms with Gasteiger partial charge >= 0.3 is 0 Å². The molecule has 0 atom stereocenters. The summed E-state index contributed by atoms with van der Waals surface area (Å²) in [5.74, 6) is 0.656. The molecule has 0 N–H and O–H groups in total. The van der Waals surface area contributed by atoms with Crippen LogP contribution in [0.1, 0.15) is 22.3 Å². The van der Waals surface area contributed by atoms with E-state index in [0.717, 1.165) is 28.1 Å². The molecule has 49 heavy (non-hydrogen) atoms. The van der Waals surface area contributed by atoms with E-state index in [4.69, 9.17) is 9.97 Å². The largest absolute Gasteiger partial charge is 0.264 e. The third kappa shape index (κ3) is 4.04. The molecule has 4 heteroatoms. The first-order chi connectivity index (χ1) is 24.3. The van der Waals surface area contributed by atoms with Gasteiger partial charge in [-0.3, -0.25) is 9.97 Å². The van der Waals surface area contributed by atoms with Gasteiger partial charge in [-0.1, -0.05) is 109 Å². The van der Waals surface area contributed by atoms with Gasteiger partial charge in [-0.05, 0) is 92.0 Å². The van der Waals surface area contributed by atoms with E-state index in [1.807, 2.05) is 42.7 Å². The lowest BCUT2D eigenvalue weighted by Gasteiger charge is -2.35. The van der Waals surface area contributed by atoms with E-state index in [1.165, 1.54) is 55.6 Å². The van der Waals surface area contributed by atoms with Gasteiger partial charge in [0.1, 0.15) is 0 Å². The summed E-state index contributed by atoms with van der Waals surface area (Å²) in [5, 5.41) is 0. The standard InChI is InChI=1S/C45H28N4/c1-2-14-33-32(13-1)34-15-3-6-18-38(34)45(39-19-7-4-16-35(39)36-17-5-8-20-40(36)45)41-22-21-29(25-37(33)41)44-48-42(30-11-9-23-46-27-30)26-43(49-44)31-12-10-24-47-28-31/h1-28H. The summed E-state index contributed by atoms with van der Waals surface area (Å²) in [5.41, 5.74) is 16.5. The van der Waals surface area contributed by atoms with Gasteiger partial charge in [0.15, 0.2) is 5.82 Å². The van der Waals surface area contributed by atoms with Gasteiger partial charge in [-0.25, -0.2) is 9.97 Å². The molecule has 2 aliphatic rings. The predicted molar refractivity (Wildman–Crippen MR) is 196 cm³/mol. The second-order valence-corrected chi connectivity index (χ2v) is 12.6. The van der Waals surface area contributed by atoms with Crippen LogP contribution in [0, 0.1) is 0 Å². The Labute approximate surface area is 284 Å². The summed E-state index contributed by atoms with van der Waals surface area (Å²) in [4.78, 5) is 19.1. The minimum Gasteiger partial charge on any atom is -0.264 e. The summed E-state index contributed by atoms with van der Waals surface area (Å²) in [7, 11) is 0. The maximum atomic E-state index is 5.16. The van der Waals surface area contributed by atoms with Gasteiger partial charge in [0, 0.05) is 41.5 Å². The van der Waals surface area contributed by atoms with E-state index in [-0.39, 0.29) is 0 Å². The van der Waals surface area contributed by atoms with Crippen molar-refractivity contribution < 1.29 is 0 Å². The van der Waals surface area contributed by atoms with Crippen molar-refractivity contribution in [2.75, 3.05) is 0 Å². The van der Waals surface area contributed by atoms with E-state index in [0.29, 0.717) is 5.82 Å². The zero-order valence-electron chi connectivity index (χ0n) is 26.5. The van der Waals surface area contributed by atoms with Crippen LogP contribution in [0.15, 0.2) is 170 Å². The maximum absolute atomic E-state index is 5.16. The molecule has 228 valence electrons. The van der Waals surface area contributed by atoms with Crippen molar-refractivity contribution in [3.8, 4) is 67.3 Å². The summed E-state index contributed by atoms with van der Waals surface area (Å²) in [6, 6.07) is 52.4. The molecule has 0 fully saturated rings. The molecule has 0 unspecified atom stereocenters. The molecule has 3 heterocycles. The molecule has 0 aliphatic heterocycles. The fourth-order valence-electron chi connectivity index (χ4n) is 8.09. The molecule has 3 aromatic heterocycles. The zero-order chi connectivity index (χ0) is 32.4. The van der Waals surface area contributed by atoms with Gasteiger partial charge in [-0.2, -0.15) is 0 Å². The van der Waals surface area contributed by atoms with Gasteiger partial charge in [0.25, 0.3) is 0 Å². The van der Waals surface area contributed by atoms with E-state index >= 15 is 0 Å². The SMILES string of the molecule is c1cncc(-c2cc(-c3cccnc3)nc(-c3ccc4c(c3)-c3ccccc3-c3ccccc3C43c4ccccc4-c4ccccc43)n2)c1. The molecule has 5 aromatic carbocycles. The Kier molecular flexibility index (Phi) is 6.06. The smallest absolute Gasteiger partial charge is 0.160 e. The molecular formula is C45H28N4. The van der Waals surface area contributed by atoms with Crippen molar-refractivity contribution in [1.82, 2.24) is 19.9 Å². The molecule has 1 spiro atoms. The van der Waals surface area contributed by atoms with Gasteiger partial charge in [-0.15, -0.1) is 0 Å². The Bertz CT molecular complexity index is 2450. The molecule has 0 saturated heterocycles. The monoisotopic (exact) mass is 624 g/mol. The van der Waals surface area contributed by atoms with E-state index in [2.05, 4.69) is 125 Å². The lowest BCUT2D eigenvalue weighted by atomic mass is 9.66. The van der Waals surface area contributed by atoms with Gasteiger partial charge < -0.3 is 0 Å². The Hall–Kier alpha value is -6.52. The van der Waals surface area contributed by atoms with Crippen LogP contribution >= 0.6 is 0 Å². The third-order valence-corrected chi connectivity index (χ3v) is 10.1. The molecule has 0 saturated carbocycles. The number of pyridine rings is 2. The van der Waals surface area contributed by atoms with Gasteiger partial charge in [0.05, 0.1) is 16.8 Å². The fourth-order valence-corrected chi connectivity index (χ4v) is 8.09. The minimum atomic E-state index is -0.518. The second kappa shape index (κ2) is 10.8. The number of benzene rings is 5. The second-order valence-electron chi connectivity index (χ2n) is 12.6. The van der Waals surface area contributed by atoms with Crippen LogP contribution in [-0.4, -0.2) is 19.9 Å². The van der Waals surface area contributed by atoms with Crippen LogP contribution in [0.2, 0.25) is 0 Å². The molecule has 0 bridgehead atoms. The number of rotatable bonds is 3. The topological polar surface area (TPSA) is 51.6 Å². The third-order valence-electron chi connectivity index (χ3n) is 10.1. The Morgan fingerprint density at radius 2 is 0.796 bits per heavy atom. The normalized spacial score (nSPS) is 13.1. The number of hydrogen-bond donors (Lipinski definition) is 0. The van der Waals surface area contributed by atoms with Gasteiger partial charge in [0.2, 0.25) is 0 Å². The fraction of sp³-hybridized carbons (Fsp3) is 0.0222. The molecule has 10 rings (SSSR count). The summed E-state index contributed by atoms with van der Waals surface area (Å²) >= 11 is 0. The number of aromatic nitrogens is 4. The first kappa shape index (κ1) is 27.6.